The number of thiophene rings is 1. The maximum Gasteiger partial charge on any atom is 0.228 e. The molecule has 0 bridgehead atoms. The van der Waals surface area contributed by atoms with Crippen LogP contribution >= 0.6 is 11.3 Å². The number of carbonyl (C=O) groups is 1. The van der Waals surface area contributed by atoms with Gasteiger partial charge in [-0.15, -0.1) is 0 Å². The largest absolute Gasteiger partial charge is 0.323 e. The normalized spacial score (nSPS) is 10.5. The Labute approximate surface area is 126 Å². The van der Waals surface area contributed by atoms with Crippen LogP contribution in [0.3, 0.4) is 0 Å². The van der Waals surface area contributed by atoms with Crippen LogP contribution in [-0.4, -0.2) is 20.4 Å². The number of amides is 1. The molecule has 0 aromatic carbocycles. The van der Waals surface area contributed by atoms with Gasteiger partial charge in [0, 0.05) is 18.6 Å². The van der Waals surface area contributed by atoms with Gasteiger partial charge in [0.05, 0.1) is 12.1 Å². The van der Waals surface area contributed by atoms with E-state index < -0.39 is 0 Å². The minimum Gasteiger partial charge on any atom is -0.323 e. The van der Waals surface area contributed by atoms with Gasteiger partial charge in [0.2, 0.25) is 5.91 Å². The Balaban J connectivity index is 1.83. The summed E-state index contributed by atoms with van der Waals surface area (Å²) in [5.41, 5.74) is 1.69. The second-order valence-corrected chi connectivity index (χ2v) is 5.36. The first-order valence-corrected chi connectivity index (χ1v) is 7.44. The molecule has 3 rings (SSSR count). The molecule has 0 spiro atoms. The molecular formula is C15H14N4OS. The maximum atomic E-state index is 12.1. The van der Waals surface area contributed by atoms with Crippen molar-refractivity contribution in [2.24, 2.45) is 0 Å². The summed E-state index contributed by atoms with van der Waals surface area (Å²) in [5.74, 6) is 1.44. The second kappa shape index (κ2) is 5.88. The summed E-state index contributed by atoms with van der Waals surface area (Å²) in [6, 6.07) is 5.59. The number of aryl methyl sites for hydroxylation is 1. The summed E-state index contributed by atoms with van der Waals surface area (Å²) in [5, 5.41) is 6.86. The molecule has 0 fully saturated rings. The number of imidazole rings is 1. The SMILES string of the molecule is Cc1nccn1-c1ncccc1NC(=O)Cc1ccsc1. The minimum absolute atomic E-state index is 0.0552. The molecule has 3 aromatic heterocycles. The highest BCUT2D eigenvalue weighted by Crippen LogP contribution is 2.19. The molecule has 3 aromatic rings. The summed E-state index contributed by atoms with van der Waals surface area (Å²) < 4.78 is 1.85. The van der Waals surface area contributed by atoms with Crippen LogP contribution in [0.15, 0.2) is 47.5 Å². The van der Waals surface area contributed by atoms with Crippen molar-refractivity contribution in [2.45, 2.75) is 13.3 Å². The number of hydrogen-bond acceptors (Lipinski definition) is 4. The Kier molecular flexibility index (Phi) is 3.79. The Morgan fingerprint density at radius 3 is 2.95 bits per heavy atom. The predicted molar refractivity (Wildman–Crippen MR) is 82.7 cm³/mol. The molecule has 3 heterocycles. The number of nitrogens with zero attached hydrogens (tertiary/aromatic N) is 3. The number of hydrogen-bond donors (Lipinski definition) is 1. The van der Waals surface area contributed by atoms with Gasteiger partial charge < -0.3 is 5.32 Å². The highest BCUT2D eigenvalue weighted by atomic mass is 32.1. The topological polar surface area (TPSA) is 59.8 Å². The first-order chi connectivity index (χ1) is 10.2. The Morgan fingerprint density at radius 2 is 2.24 bits per heavy atom. The van der Waals surface area contributed by atoms with E-state index in [1.807, 2.05) is 40.6 Å². The second-order valence-electron chi connectivity index (χ2n) is 4.58. The van der Waals surface area contributed by atoms with Gasteiger partial charge in [0.1, 0.15) is 5.82 Å². The van der Waals surface area contributed by atoms with Gasteiger partial charge in [-0.25, -0.2) is 9.97 Å². The number of carbonyl (C=O) groups excluding carboxylic acids is 1. The van der Waals surface area contributed by atoms with Crippen molar-refractivity contribution in [1.29, 1.82) is 0 Å². The van der Waals surface area contributed by atoms with E-state index in [0.29, 0.717) is 17.9 Å². The zero-order valence-corrected chi connectivity index (χ0v) is 12.3. The van der Waals surface area contributed by atoms with Gasteiger partial charge in [0.25, 0.3) is 0 Å². The Hall–Kier alpha value is -2.47. The van der Waals surface area contributed by atoms with Crippen LogP contribution in [0.2, 0.25) is 0 Å². The molecule has 106 valence electrons. The molecule has 0 aliphatic heterocycles. The van der Waals surface area contributed by atoms with Crippen LogP contribution in [0.5, 0.6) is 0 Å². The number of rotatable bonds is 4. The summed E-state index contributed by atoms with van der Waals surface area (Å²) in [7, 11) is 0. The summed E-state index contributed by atoms with van der Waals surface area (Å²) >= 11 is 1.59. The van der Waals surface area contributed by atoms with E-state index in [4.69, 9.17) is 0 Å². The van der Waals surface area contributed by atoms with Crippen LogP contribution in [-0.2, 0) is 11.2 Å². The molecule has 0 saturated carbocycles. The van der Waals surface area contributed by atoms with Crippen molar-refractivity contribution in [3.63, 3.8) is 0 Å². The molecule has 0 aliphatic rings. The number of anilines is 1. The molecular weight excluding hydrogens is 284 g/mol. The lowest BCUT2D eigenvalue weighted by Gasteiger charge is -2.11. The van der Waals surface area contributed by atoms with Crippen molar-refractivity contribution in [3.05, 3.63) is 58.9 Å². The van der Waals surface area contributed by atoms with Gasteiger partial charge in [-0.2, -0.15) is 11.3 Å². The summed E-state index contributed by atoms with van der Waals surface area (Å²) in [4.78, 5) is 20.7. The molecule has 1 N–H and O–H groups in total. The monoisotopic (exact) mass is 298 g/mol. The number of aromatic nitrogens is 3. The molecule has 21 heavy (non-hydrogen) atoms. The molecule has 0 aliphatic carbocycles. The van der Waals surface area contributed by atoms with E-state index in [-0.39, 0.29) is 5.91 Å². The van der Waals surface area contributed by atoms with E-state index in [0.717, 1.165) is 11.4 Å². The van der Waals surface area contributed by atoms with Crippen molar-refractivity contribution in [2.75, 3.05) is 5.32 Å². The van der Waals surface area contributed by atoms with Gasteiger partial charge in [-0.3, -0.25) is 9.36 Å². The fourth-order valence-corrected chi connectivity index (χ4v) is 2.73. The maximum absolute atomic E-state index is 12.1. The fourth-order valence-electron chi connectivity index (χ4n) is 2.06. The van der Waals surface area contributed by atoms with Gasteiger partial charge >= 0.3 is 0 Å². The van der Waals surface area contributed by atoms with Crippen molar-refractivity contribution in [1.82, 2.24) is 14.5 Å². The zero-order chi connectivity index (χ0) is 14.7. The third kappa shape index (κ3) is 3.00. The third-order valence-corrected chi connectivity index (χ3v) is 3.79. The molecule has 0 radical (unpaired) electrons. The smallest absolute Gasteiger partial charge is 0.228 e. The molecule has 0 saturated heterocycles. The average Bonchev–Trinajstić information content (AvgIpc) is 3.11. The zero-order valence-electron chi connectivity index (χ0n) is 11.5. The van der Waals surface area contributed by atoms with Crippen molar-refractivity contribution in [3.8, 4) is 5.82 Å². The quantitative estimate of drug-likeness (QED) is 0.805. The molecule has 0 unspecified atom stereocenters. The van der Waals surface area contributed by atoms with Crippen LogP contribution in [0.25, 0.3) is 5.82 Å². The van der Waals surface area contributed by atoms with Crippen molar-refractivity contribution >= 4 is 22.9 Å². The third-order valence-electron chi connectivity index (χ3n) is 3.06. The van der Waals surface area contributed by atoms with Crippen LogP contribution in [0.4, 0.5) is 5.69 Å². The van der Waals surface area contributed by atoms with Crippen LogP contribution < -0.4 is 5.32 Å². The van der Waals surface area contributed by atoms with E-state index in [2.05, 4.69) is 15.3 Å². The van der Waals surface area contributed by atoms with E-state index in [9.17, 15) is 4.79 Å². The number of nitrogens with one attached hydrogen (secondary N) is 1. The standard InChI is InChI=1S/C15H14N4OS/c1-11-16-6-7-19(11)15-13(3-2-5-17-15)18-14(20)9-12-4-8-21-10-12/h2-8,10H,9H2,1H3,(H,18,20). The highest BCUT2D eigenvalue weighted by molar-refractivity contribution is 7.08. The lowest BCUT2D eigenvalue weighted by molar-refractivity contribution is -0.115. The predicted octanol–water partition coefficient (Wildman–Crippen LogP) is 2.82. The van der Waals surface area contributed by atoms with E-state index in [1.165, 1.54) is 0 Å². The number of pyridine rings is 1. The average molecular weight is 298 g/mol. The molecule has 0 atom stereocenters. The Morgan fingerprint density at radius 1 is 1.33 bits per heavy atom. The molecule has 6 heteroatoms. The summed E-state index contributed by atoms with van der Waals surface area (Å²) in [6.45, 7) is 1.89. The highest BCUT2D eigenvalue weighted by Gasteiger charge is 2.11. The first-order valence-electron chi connectivity index (χ1n) is 6.50. The Bertz CT molecular complexity index is 749. The van der Waals surface area contributed by atoms with Gasteiger partial charge in [-0.05, 0) is 41.4 Å². The molecule has 5 nitrogen and oxygen atoms in total. The van der Waals surface area contributed by atoms with E-state index >= 15 is 0 Å². The lowest BCUT2D eigenvalue weighted by Crippen LogP contribution is -2.16. The lowest BCUT2D eigenvalue weighted by atomic mass is 10.2. The minimum atomic E-state index is -0.0552. The van der Waals surface area contributed by atoms with E-state index in [1.54, 1.807) is 29.8 Å². The fraction of sp³-hybridized carbons (Fsp3) is 0.133. The van der Waals surface area contributed by atoms with Gasteiger partial charge in [0.15, 0.2) is 5.82 Å². The van der Waals surface area contributed by atoms with Crippen LogP contribution in [0.1, 0.15) is 11.4 Å². The van der Waals surface area contributed by atoms with Crippen molar-refractivity contribution < 1.29 is 4.79 Å². The molecule has 1 amide bonds. The summed E-state index contributed by atoms with van der Waals surface area (Å²) in [6.07, 6.45) is 5.59. The van der Waals surface area contributed by atoms with Crippen LogP contribution in [0, 0.1) is 6.92 Å². The van der Waals surface area contributed by atoms with Gasteiger partial charge in [-0.1, -0.05) is 0 Å². The first kappa shape index (κ1) is 13.5.